The summed E-state index contributed by atoms with van der Waals surface area (Å²) >= 11 is 0. The molecule has 2 heterocycles. The first-order valence-electron chi connectivity index (χ1n) is 15.5. The van der Waals surface area contributed by atoms with Crippen molar-refractivity contribution in [2.24, 2.45) is 0 Å². The standard InChI is InChI=1S/C33H42O12/c1-2-3-4-5-6-7-8-9-10-11-27(39)42-18-21-17-25(38)29(40)33(43-21)45-32-30(41)28-24(37)15-20(34)16-26(28)44-31(32)19-12-13-22(35)23(36)14-19/h12-16,21,25,29,33-38,40H,2-11,17-18H2,1H3. The molecule has 1 aliphatic heterocycles. The number of aromatic hydroxyl groups is 4. The number of benzene rings is 2. The van der Waals surface area contributed by atoms with Gasteiger partial charge in [0.2, 0.25) is 17.5 Å². The van der Waals surface area contributed by atoms with Gasteiger partial charge in [-0.15, -0.1) is 0 Å². The third-order valence-electron chi connectivity index (χ3n) is 7.81. The molecule has 246 valence electrons. The number of phenolic OH excluding ortho intramolecular Hbond substituents is 4. The van der Waals surface area contributed by atoms with Gasteiger partial charge in [0.25, 0.3) is 0 Å². The van der Waals surface area contributed by atoms with Gasteiger partial charge in [-0.25, -0.2) is 0 Å². The first-order valence-corrected chi connectivity index (χ1v) is 15.5. The molecule has 12 nitrogen and oxygen atoms in total. The van der Waals surface area contributed by atoms with Crippen molar-refractivity contribution in [2.45, 2.75) is 102 Å². The zero-order valence-electron chi connectivity index (χ0n) is 25.3. The normalized spacial score (nSPS) is 19.9. The van der Waals surface area contributed by atoms with Gasteiger partial charge in [0.1, 0.15) is 35.2 Å². The van der Waals surface area contributed by atoms with Gasteiger partial charge in [0, 0.05) is 30.5 Å². The van der Waals surface area contributed by atoms with E-state index in [2.05, 4.69) is 6.92 Å². The number of carbonyl (C=O) groups is 1. The van der Waals surface area contributed by atoms with Crippen LogP contribution in [0.1, 0.15) is 77.6 Å². The molecular formula is C33H42O12. The molecule has 1 fully saturated rings. The maximum Gasteiger partial charge on any atom is 0.305 e. The topological polar surface area (TPSA) is 196 Å². The SMILES string of the molecule is CCCCCCCCCCCC(=O)OCC1CC(O)C(O)C(Oc2c(-c3ccc(O)c(O)c3)oc3cc(O)cc(O)c3c2=O)O1. The van der Waals surface area contributed by atoms with Crippen molar-refractivity contribution in [3.05, 3.63) is 40.6 Å². The van der Waals surface area contributed by atoms with Crippen LogP contribution < -0.4 is 10.2 Å². The molecule has 3 aromatic rings. The summed E-state index contributed by atoms with van der Waals surface area (Å²) in [6.07, 6.45) is 4.70. The van der Waals surface area contributed by atoms with E-state index in [1.807, 2.05) is 0 Å². The van der Waals surface area contributed by atoms with Gasteiger partial charge in [-0.3, -0.25) is 9.59 Å². The Labute approximate surface area is 260 Å². The summed E-state index contributed by atoms with van der Waals surface area (Å²) in [6, 6.07) is 5.59. The van der Waals surface area contributed by atoms with E-state index in [0.29, 0.717) is 6.42 Å². The molecule has 0 saturated carbocycles. The average molecular weight is 631 g/mol. The van der Waals surface area contributed by atoms with Crippen molar-refractivity contribution in [1.82, 2.24) is 0 Å². The second kappa shape index (κ2) is 15.8. The predicted molar refractivity (Wildman–Crippen MR) is 163 cm³/mol. The van der Waals surface area contributed by atoms with E-state index in [1.165, 1.54) is 38.2 Å². The Morgan fingerprint density at radius 1 is 0.889 bits per heavy atom. The van der Waals surface area contributed by atoms with Gasteiger partial charge in [-0.1, -0.05) is 58.3 Å². The molecule has 6 N–H and O–H groups in total. The maximum atomic E-state index is 13.6. The van der Waals surface area contributed by atoms with Crippen molar-refractivity contribution in [3.63, 3.8) is 0 Å². The Kier molecular flexibility index (Phi) is 11.9. The fourth-order valence-corrected chi connectivity index (χ4v) is 5.30. The molecule has 12 heteroatoms. The first kappa shape index (κ1) is 33.9. The summed E-state index contributed by atoms with van der Waals surface area (Å²) < 4.78 is 22.7. The molecule has 4 unspecified atom stereocenters. The van der Waals surface area contributed by atoms with Crippen LogP contribution >= 0.6 is 0 Å². The van der Waals surface area contributed by atoms with Gasteiger partial charge in [-0.2, -0.15) is 0 Å². The smallest absolute Gasteiger partial charge is 0.305 e. The number of rotatable bonds is 15. The third kappa shape index (κ3) is 8.80. The van der Waals surface area contributed by atoms with Crippen molar-refractivity contribution < 1.29 is 54.1 Å². The maximum absolute atomic E-state index is 13.6. The molecule has 0 aliphatic carbocycles. The van der Waals surface area contributed by atoms with Crippen LogP contribution in [0.2, 0.25) is 0 Å². The van der Waals surface area contributed by atoms with Crippen LogP contribution in [0.4, 0.5) is 0 Å². The highest BCUT2D eigenvalue weighted by Gasteiger charge is 2.40. The van der Waals surface area contributed by atoms with Gasteiger partial charge >= 0.3 is 5.97 Å². The number of aliphatic hydroxyl groups excluding tert-OH is 2. The summed E-state index contributed by atoms with van der Waals surface area (Å²) in [6.45, 7) is 1.97. The minimum absolute atomic E-state index is 0.0648. The van der Waals surface area contributed by atoms with Crippen molar-refractivity contribution in [2.75, 3.05) is 6.61 Å². The van der Waals surface area contributed by atoms with E-state index in [4.69, 9.17) is 18.6 Å². The molecule has 1 aromatic heterocycles. The number of phenols is 4. The molecule has 4 rings (SSSR count). The summed E-state index contributed by atoms with van der Waals surface area (Å²) in [7, 11) is 0. The van der Waals surface area contributed by atoms with Crippen LogP contribution in [0.5, 0.6) is 28.7 Å². The Bertz CT molecular complexity index is 1500. The minimum atomic E-state index is -1.63. The molecule has 45 heavy (non-hydrogen) atoms. The Morgan fingerprint density at radius 3 is 2.27 bits per heavy atom. The fourth-order valence-electron chi connectivity index (χ4n) is 5.30. The van der Waals surface area contributed by atoms with Gasteiger partial charge in [-0.05, 0) is 24.6 Å². The Hall–Kier alpha value is -4.00. The van der Waals surface area contributed by atoms with Gasteiger partial charge in [0.05, 0.1) is 12.2 Å². The van der Waals surface area contributed by atoms with E-state index in [1.54, 1.807) is 0 Å². The highest BCUT2D eigenvalue weighted by atomic mass is 16.7. The van der Waals surface area contributed by atoms with Crippen LogP contribution in [-0.2, 0) is 14.3 Å². The molecule has 1 aliphatic rings. The van der Waals surface area contributed by atoms with E-state index in [-0.39, 0.29) is 47.5 Å². The van der Waals surface area contributed by atoms with E-state index in [9.17, 15) is 40.2 Å². The van der Waals surface area contributed by atoms with Crippen molar-refractivity contribution in [1.29, 1.82) is 0 Å². The summed E-state index contributed by atoms with van der Waals surface area (Å²) in [5, 5.41) is 61.0. The molecule has 2 aromatic carbocycles. The van der Waals surface area contributed by atoms with Crippen LogP contribution in [0, 0.1) is 0 Å². The first-order chi connectivity index (χ1) is 21.6. The van der Waals surface area contributed by atoms with Gasteiger partial charge < -0.3 is 49.3 Å². The predicted octanol–water partition coefficient (Wildman–Crippen LogP) is 4.96. The number of unbranched alkanes of at least 4 members (excludes halogenated alkanes) is 8. The van der Waals surface area contributed by atoms with E-state index >= 15 is 0 Å². The molecule has 0 amide bonds. The van der Waals surface area contributed by atoms with Crippen LogP contribution in [0.3, 0.4) is 0 Å². The van der Waals surface area contributed by atoms with Crippen LogP contribution in [0.15, 0.2) is 39.5 Å². The lowest BCUT2D eigenvalue weighted by Crippen LogP contribution is -2.52. The zero-order chi connectivity index (χ0) is 32.5. The fraction of sp³-hybridized carbons (Fsp3) is 0.515. The zero-order valence-corrected chi connectivity index (χ0v) is 25.3. The Morgan fingerprint density at radius 2 is 1.58 bits per heavy atom. The Balaban J connectivity index is 1.44. The quantitative estimate of drug-likeness (QED) is 0.0751. The molecule has 0 bridgehead atoms. The van der Waals surface area contributed by atoms with Crippen molar-refractivity contribution >= 4 is 16.9 Å². The monoisotopic (exact) mass is 630 g/mol. The number of hydrogen-bond donors (Lipinski definition) is 6. The largest absolute Gasteiger partial charge is 0.508 e. The third-order valence-corrected chi connectivity index (χ3v) is 7.81. The molecule has 0 spiro atoms. The molecular weight excluding hydrogens is 588 g/mol. The lowest BCUT2D eigenvalue weighted by molar-refractivity contribution is -0.243. The number of esters is 1. The highest BCUT2D eigenvalue weighted by molar-refractivity contribution is 5.88. The van der Waals surface area contributed by atoms with Gasteiger partial charge in [0.15, 0.2) is 17.3 Å². The number of aliphatic hydroxyl groups is 2. The molecule has 4 atom stereocenters. The van der Waals surface area contributed by atoms with Crippen LogP contribution in [-0.4, -0.2) is 67.8 Å². The van der Waals surface area contributed by atoms with E-state index in [0.717, 1.165) is 43.5 Å². The number of ether oxygens (including phenoxy) is 3. The highest BCUT2D eigenvalue weighted by Crippen LogP contribution is 2.39. The second-order valence-corrected chi connectivity index (χ2v) is 11.4. The van der Waals surface area contributed by atoms with Crippen molar-refractivity contribution in [3.8, 4) is 40.1 Å². The summed E-state index contributed by atoms with van der Waals surface area (Å²) in [4.78, 5) is 25.9. The second-order valence-electron chi connectivity index (χ2n) is 11.4. The number of carbonyl (C=O) groups excluding carboxylic acids is 1. The summed E-state index contributed by atoms with van der Waals surface area (Å²) in [5.74, 6) is -3.22. The number of fused-ring (bicyclic) bond motifs is 1. The molecule has 1 saturated heterocycles. The lowest BCUT2D eigenvalue weighted by atomic mass is 10.0. The summed E-state index contributed by atoms with van der Waals surface area (Å²) in [5.41, 5.74) is -1.06. The number of hydrogen-bond acceptors (Lipinski definition) is 12. The molecule has 0 radical (unpaired) electrons. The van der Waals surface area contributed by atoms with E-state index < -0.39 is 59.0 Å². The lowest BCUT2D eigenvalue weighted by Gasteiger charge is -2.36. The van der Waals surface area contributed by atoms with Crippen LogP contribution in [0.25, 0.3) is 22.3 Å². The average Bonchev–Trinajstić information content (AvgIpc) is 2.99. The minimum Gasteiger partial charge on any atom is -0.508 e.